The minimum atomic E-state index is -0.272. The third-order valence-electron chi connectivity index (χ3n) is 1.87. The summed E-state index contributed by atoms with van der Waals surface area (Å²) < 4.78 is 0. The average Bonchev–Trinajstić information content (AvgIpc) is 2.29. The lowest BCUT2D eigenvalue weighted by Gasteiger charge is -2.00. The van der Waals surface area contributed by atoms with Crippen LogP contribution in [-0.2, 0) is 0 Å². The van der Waals surface area contributed by atoms with Crippen molar-refractivity contribution in [3.63, 3.8) is 0 Å². The monoisotopic (exact) mass is 268 g/mol. The molecule has 1 amide bonds. The van der Waals surface area contributed by atoms with Crippen LogP contribution in [0.15, 0.2) is 30.3 Å². The normalized spacial score (nSPS) is 10.5. The first kappa shape index (κ1) is 11.9. The van der Waals surface area contributed by atoms with Crippen LogP contribution in [0.1, 0.15) is 22.3 Å². The van der Waals surface area contributed by atoms with Gasteiger partial charge in [-0.1, -0.05) is 40.2 Å². The molecule has 1 aromatic rings. The smallest absolute Gasteiger partial charge is 0.265 e. The SMILES string of the molecule is NNC(=O)c1cccc(C=CCCBr)c1. The summed E-state index contributed by atoms with van der Waals surface area (Å²) in [7, 11) is 0. The van der Waals surface area contributed by atoms with Crippen LogP contribution in [0.3, 0.4) is 0 Å². The molecule has 0 unspecified atom stereocenters. The lowest BCUT2D eigenvalue weighted by molar-refractivity contribution is 0.0953. The summed E-state index contributed by atoms with van der Waals surface area (Å²) in [6, 6.07) is 7.30. The quantitative estimate of drug-likeness (QED) is 0.380. The molecule has 0 aliphatic heterocycles. The molecule has 0 saturated heterocycles. The zero-order valence-corrected chi connectivity index (χ0v) is 9.83. The van der Waals surface area contributed by atoms with Crippen LogP contribution in [0.25, 0.3) is 6.08 Å². The van der Waals surface area contributed by atoms with Gasteiger partial charge >= 0.3 is 0 Å². The van der Waals surface area contributed by atoms with Gasteiger partial charge in [-0.25, -0.2) is 5.84 Å². The number of hydrogen-bond acceptors (Lipinski definition) is 2. The molecule has 0 bridgehead atoms. The molecule has 0 saturated carbocycles. The zero-order valence-electron chi connectivity index (χ0n) is 8.24. The maximum absolute atomic E-state index is 11.2. The summed E-state index contributed by atoms with van der Waals surface area (Å²) >= 11 is 3.34. The molecule has 15 heavy (non-hydrogen) atoms. The van der Waals surface area contributed by atoms with Crippen molar-refractivity contribution in [2.45, 2.75) is 6.42 Å². The Morgan fingerprint density at radius 3 is 3.00 bits per heavy atom. The molecule has 0 aliphatic rings. The van der Waals surface area contributed by atoms with E-state index in [-0.39, 0.29) is 5.91 Å². The van der Waals surface area contributed by atoms with Gasteiger partial charge in [-0.05, 0) is 24.1 Å². The number of nitrogens with one attached hydrogen (secondary N) is 1. The summed E-state index contributed by atoms with van der Waals surface area (Å²) in [5.74, 6) is 4.78. The third kappa shape index (κ3) is 3.85. The molecule has 1 aromatic carbocycles. The van der Waals surface area contributed by atoms with Gasteiger partial charge in [0.05, 0.1) is 0 Å². The Balaban J connectivity index is 2.78. The van der Waals surface area contributed by atoms with E-state index in [0.717, 1.165) is 17.3 Å². The van der Waals surface area contributed by atoms with Crippen molar-refractivity contribution < 1.29 is 4.79 Å². The number of alkyl halides is 1. The number of hydrogen-bond donors (Lipinski definition) is 2. The highest BCUT2D eigenvalue weighted by Gasteiger charge is 2.01. The Kier molecular flexibility index (Phi) is 5.07. The van der Waals surface area contributed by atoms with E-state index in [1.807, 2.05) is 24.3 Å². The van der Waals surface area contributed by atoms with E-state index in [9.17, 15) is 4.79 Å². The van der Waals surface area contributed by atoms with Gasteiger partial charge in [-0.3, -0.25) is 10.2 Å². The number of rotatable bonds is 4. The summed E-state index contributed by atoms with van der Waals surface area (Å²) in [5.41, 5.74) is 3.67. The largest absolute Gasteiger partial charge is 0.290 e. The number of halogens is 1. The molecular formula is C11H13BrN2O. The lowest BCUT2D eigenvalue weighted by Crippen LogP contribution is -2.29. The highest BCUT2D eigenvalue weighted by atomic mass is 79.9. The van der Waals surface area contributed by atoms with Gasteiger partial charge in [-0.2, -0.15) is 0 Å². The molecule has 80 valence electrons. The fourth-order valence-electron chi connectivity index (χ4n) is 1.15. The Hall–Kier alpha value is -1.13. The van der Waals surface area contributed by atoms with Crippen molar-refractivity contribution in [3.8, 4) is 0 Å². The van der Waals surface area contributed by atoms with Crippen molar-refractivity contribution in [2.75, 3.05) is 5.33 Å². The number of carbonyl (C=O) groups is 1. The molecule has 0 aromatic heterocycles. The van der Waals surface area contributed by atoms with Gasteiger partial charge < -0.3 is 0 Å². The van der Waals surface area contributed by atoms with E-state index in [1.54, 1.807) is 12.1 Å². The van der Waals surface area contributed by atoms with Crippen LogP contribution in [0.5, 0.6) is 0 Å². The van der Waals surface area contributed by atoms with Crippen LogP contribution < -0.4 is 11.3 Å². The van der Waals surface area contributed by atoms with E-state index >= 15 is 0 Å². The number of carbonyl (C=O) groups excluding carboxylic acids is 1. The summed E-state index contributed by atoms with van der Waals surface area (Å²) in [4.78, 5) is 11.2. The number of hydrazine groups is 1. The number of nitrogen functional groups attached to an aromatic ring is 1. The van der Waals surface area contributed by atoms with E-state index < -0.39 is 0 Å². The van der Waals surface area contributed by atoms with Crippen LogP contribution in [0, 0.1) is 0 Å². The van der Waals surface area contributed by atoms with E-state index in [2.05, 4.69) is 21.4 Å². The van der Waals surface area contributed by atoms with Crippen molar-refractivity contribution in [2.24, 2.45) is 5.84 Å². The van der Waals surface area contributed by atoms with E-state index in [0.29, 0.717) is 5.56 Å². The third-order valence-corrected chi connectivity index (χ3v) is 2.32. The highest BCUT2D eigenvalue weighted by Crippen LogP contribution is 2.07. The summed E-state index contributed by atoms with van der Waals surface area (Å²) in [6.45, 7) is 0. The lowest BCUT2D eigenvalue weighted by atomic mass is 10.1. The minimum Gasteiger partial charge on any atom is -0.290 e. The molecule has 3 nitrogen and oxygen atoms in total. The average molecular weight is 269 g/mol. The fraction of sp³-hybridized carbons (Fsp3) is 0.182. The predicted octanol–water partition coefficient (Wildman–Crippen LogP) is 2.09. The Labute approximate surface area is 97.5 Å². The first-order valence-corrected chi connectivity index (χ1v) is 5.73. The Bertz CT molecular complexity index is 363. The number of allylic oxidation sites excluding steroid dienone is 1. The molecule has 0 aliphatic carbocycles. The van der Waals surface area contributed by atoms with Crippen molar-refractivity contribution in [1.82, 2.24) is 5.43 Å². The number of nitrogens with two attached hydrogens (primary N) is 1. The molecule has 0 radical (unpaired) electrons. The van der Waals surface area contributed by atoms with Gasteiger partial charge in [0.15, 0.2) is 0 Å². The predicted molar refractivity (Wildman–Crippen MR) is 65.5 cm³/mol. The minimum absolute atomic E-state index is 0.272. The van der Waals surface area contributed by atoms with Gasteiger partial charge in [0.25, 0.3) is 5.91 Å². The van der Waals surface area contributed by atoms with Gasteiger partial charge in [0.1, 0.15) is 0 Å². The zero-order chi connectivity index (χ0) is 11.1. The molecule has 0 heterocycles. The molecule has 0 fully saturated rings. The summed E-state index contributed by atoms with van der Waals surface area (Å²) in [6.07, 6.45) is 5.00. The van der Waals surface area contributed by atoms with E-state index in [4.69, 9.17) is 5.84 Å². The van der Waals surface area contributed by atoms with Gasteiger partial charge in [0.2, 0.25) is 0 Å². The van der Waals surface area contributed by atoms with E-state index in [1.165, 1.54) is 0 Å². The van der Waals surface area contributed by atoms with Gasteiger partial charge in [-0.15, -0.1) is 0 Å². The highest BCUT2D eigenvalue weighted by molar-refractivity contribution is 9.09. The molecule has 4 heteroatoms. The Morgan fingerprint density at radius 1 is 1.53 bits per heavy atom. The standard InChI is InChI=1S/C11H13BrN2O/c12-7-2-1-4-9-5-3-6-10(8-9)11(15)14-13/h1,3-6,8H,2,7,13H2,(H,14,15). The second-order valence-corrected chi connectivity index (χ2v) is 3.77. The van der Waals surface area contributed by atoms with Crippen molar-refractivity contribution in [1.29, 1.82) is 0 Å². The maximum atomic E-state index is 11.2. The summed E-state index contributed by atoms with van der Waals surface area (Å²) in [5, 5.41) is 0.937. The van der Waals surface area contributed by atoms with Gasteiger partial charge in [0, 0.05) is 10.9 Å². The first-order valence-electron chi connectivity index (χ1n) is 4.61. The molecule has 3 N–H and O–H groups in total. The van der Waals surface area contributed by atoms with Crippen LogP contribution in [0.4, 0.5) is 0 Å². The maximum Gasteiger partial charge on any atom is 0.265 e. The molecular weight excluding hydrogens is 256 g/mol. The molecule has 0 atom stereocenters. The van der Waals surface area contributed by atoms with Crippen LogP contribution >= 0.6 is 15.9 Å². The molecule has 1 rings (SSSR count). The first-order chi connectivity index (χ1) is 7.27. The Morgan fingerprint density at radius 2 is 2.33 bits per heavy atom. The topological polar surface area (TPSA) is 55.1 Å². The van der Waals surface area contributed by atoms with Crippen LogP contribution in [-0.4, -0.2) is 11.2 Å². The van der Waals surface area contributed by atoms with Crippen molar-refractivity contribution in [3.05, 3.63) is 41.5 Å². The fourth-order valence-corrected chi connectivity index (χ4v) is 1.41. The number of amides is 1. The van der Waals surface area contributed by atoms with Crippen molar-refractivity contribution >= 4 is 27.9 Å². The molecule has 0 spiro atoms. The second-order valence-electron chi connectivity index (χ2n) is 2.98. The number of benzene rings is 1. The second kappa shape index (κ2) is 6.37. The van der Waals surface area contributed by atoms with Crippen LogP contribution in [0.2, 0.25) is 0 Å².